The molecule has 0 aliphatic carbocycles. The topological polar surface area (TPSA) is 15.3 Å². The van der Waals surface area contributed by atoms with Crippen LogP contribution in [0.5, 0.6) is 0 Å². The first-order valence-electron chi connectivity index (χ1n) is 6.70. The maximum Gasteiger partial charge on any atom is 0.0366 e. The van der Waals surface area contributed by atoms with E-state index in [1.165, 1.54) is 30.8 Å². The highest BCUT2D eigenvalue weighted by atomic mass is 15.2. The first-order chi connectivity index (χ1) is 8.20. The van der Waals surface area contributed by atoms with E-state index in [0.717, 1.165) is 12.5 Å². The zero-order valence-corrected chi connectivity index (χ0v) is 11.2. The molecular weight excluding hydrogens is 208 g/mol. The molecule has 0 amide bonds. The lowest BCUT2D eigenvalue weighted by molar-refractivity contribution is 0.549. The first kappa shape index (κ1) is 12.4. The number of benzene rings is 1. The van der Waals surface area contributed by atoms with Gasteiger partial charge < -0.3 is 10.2 Å². The van der Waals surface area contributed by atoms with Gasteiger partial charge in [0.1, 0.15) is 0 Å². The minimum absolute atomic E-state index is 0.625. The Kier molecular flexibility index (Phi) is 4.06. The Morgan fingerprint density at radius 1 is 1.29 bits per heavy atom. The van der Waals surface area contributed by atoms with Crippen LogP contribution < -0.4 is 10.2 Å². The summed E-state index contributed by atoms with van der Waals surface area (Å²) in [5.41, 5.74) is 2.81. The summed E-state index contributed by atoms with van der Waals surface area (Å²) in [6.07, 6.45) is 1.31. The zero-order valence-electron chi connectivity index (χ0n) is 11.2. The lowest BCUT2D eigenvalue weighted by Crippen LogP contribution is -2.24. The van der Waals surface area contributed by atoms with Crippen LogP contribution in [0.3, 0.4) is 0 Å². The number of nitrogens with one attached hydrogen (secondary N) is 1. The van der Waals surface area contributed by atoms with Crippen LogP contribution in [-0.2, 0) is 0 Å². The third kappa shape index (κ3) is 3.01. The molecule has 1 fully saturated rings. The maximum absolute atomic E-state index is 3.28. The molecule has 1 N–H and O–H groups in total. The highest BCUT2D eigenvalue weighted by Crippen LogP contribution is 2.25. The molecule has 1 unspecified atom stereocenters. The third-order valence-corrected chi connectivity index (χ3v) is 3.70. The molecule has 0 spiro atoms. The minimum atomic E-state index is 0.625. The van der Waals surface area contributed by atoms with Gasteiger partial charge in [-0.25, -0.2) is 0 Å². The van der Waals surface area contributed by atoms with E-state index in [4.69, 9.17) is 0 Å². The SMILES string of the molecule is CNCC1CCN(c2ccc(C(C)C)cc2)C1. The van der Waals surface area contributed by atoms with Crippen molar-refractivity contribution >= 4 is 5.69 Å². The van der Waals surface area contributed by atoms with Crippen LogP contribution in [0.2, 0.25) is 0 Å². The molecule has 0 bridgehead atoms. The van der Waals surface area contributed by atoms with Gasteiger partial charge in [0.15, 0.2) is 0 Å². The molecule has 0 saturated carbocycles. The molecule has 1 aliphatic rings. The minimum Gasteiger partial charge on any atom is -0.371 e. The van der Waals surface area contributed by atoms with E-state index in [9.17, 15) is 0 Å². The van der Waals surface area contributed by atoms with Crippen LogP contribution in [0.4, 0.5) is 5.69 Å². The Labute approximate surface area is 105 Å². The number of nitrogens with zero attached hydrogens (tertiary/aromatic N) is 1. The molecule has 94 valence electrons. The van der Waals surface area contributed by atoms with E-state index in [1.54, 1.807) is 0 Å². The van der Waals surface area contributed by atoms with Crippen molar-refractivity contribution in [3.8, 4) is 0 Å². The number of anilines is 1. The van der Waals surface area contributed by atoms with Gasteiger partial charge in [0.2, 0.25) is 0 Å². The highest BCUT2D eigenvalue weighted by molar-refractivity contribution is 5.48. The predicted octanol–water partition coefficient (Wildman–Crippen LogP) is 2.86. The Hall–Kier alpha value is -1.02. The van der Waals surface area contributed by atoms with Gasteiger partial charge in [0.25, 0.3) is 0 Å². The van der Waals surface area contributed by atoms with Crippen LogP contribution in [0, 0.1) is 5.92 Å². The molecule has 0 radical (unpaired) electrons. The summed E-state index contributed by atoms with van der Waals surface area (Å²) in [5.74, 6) is 1.43. The second kappa shape index (κ2) is 5.54. The zero-order chi connectivity index (χ0) is 12.3. The van der Waals surface area contributed by atoms with Gasteiger partial charge in [0, 0.05) is 18.8 Å². The molecule has 17 heavy (non-hydrogen) atoms. The average Bonchev–Trinajstić information content (AvgIpc) is 2.78. The van der Waals surface area contributed by atoms with Crippen LogP contribution in [0.25, 0.3) is 0 Å². The van der Waals surface area contributed by atoms with Gasteiger partial charge in [-0.3, -0.25) is 0 Å². The van der Waals surface area contributed by atoms with Crippen LogP contribution in [0.15, 0.2) is 24.3 Å². The lowest BCUT2D eigenvalue weighted by Gasteiger charge is -2.19. The molecule has 1 aliphatic heterocycles. The summed E-state index contributed by atoms with van der Waals surface area (Å²) < 4.78 is 0. The molecular formula is C15H24N2. The van der Waals surface area contributed by atoms with Gasteiger partial charge in [-0.05, 0) is 49.5 Å². The van der Waals surface area contributed by atoms with E-state index < -0.39 is 0 Å². The molecule has 1 saturated heterocycles. The van der Waals surface area contributed by atoms with Crippen molar-refractivity contribution < 1.29 is 0 Å². The van der Waals surface area contributed by atoms with Crippen molar-refractivity contribution in [2.45, 2.75) is 26.2 Å². The average molecular weight is 232 g/mol. The largest absolute Gasteiger partial charge is 0.371 e. The number of hydrogen-bond donors (Lipinski definition) is 1. The molecule has 2 rings (SSSR count). The van der Waals surface area contributed by atoms with Gasteiger partial charge >= 0.3 is 0 Å². The van der Waals surface area contributed by atoms with Crippen molar-refractivity contribution in [3.05, 3.63) is 29.8 Å². The van der Waals surface area contributed by atoms with E-state index in [1.807, 2.05) is 7.05 Å². The molecule has 1 heterocycles. The van der Waals surface area contributed by atoms with Crippen molar-refractivity contribution in [1.82, 2.24) is 5.32 Å². The van der Waals surface area contributed by atoms with E-state index in [2.05, 4.69) is 48.3 Å². The van der Waals surface area contributed by atoms with Gasteiger partial charge in [-0.1, -0.05) is 26.0 Å². The van der Waals surface area contributed by atoms with E-state index in [-0.39, 0.29) is 0 Å². The summed E-state index contributed by atoms with van der Waals surface area (Å²) in [7, 11) is 2.04. The summed E-state index contributed by atoms with van der Waals surface area (Å²) in [6, 6.07) is 9.09. The van der Waals surface area contributed by atoms with Crippen molar-refractivity contribution in [3.63, 3.8) is 0 Å². The van der Waals surface area contributed by atoms with Crippen LogP contribution >= 0.6 is 0 Å². The predicted molar refractivity (Wildman–Crippen MR) is 74.8 cm³/mol. The highest BCUT2D eigenvalue weighted by Gasteiger charge is 2.21. The summed E-state index contributed by atoms with van der Waals surface area (Å²) in [4.78, 5) is 2.51. The molecule has 2 heteroatoms. The smallest absolute Gasteiger partial charge is 0.0366 e. The fourth-order valence-corrected chi connectivity index (χ4v) is 2.59. The second-order valence-electron chi connectivity index (χ2n) is 5.40. The van der Waals surface area contributed by atoms with Gasteiger partial charge in [-0.15, -0.1) is 0 Å². The monoisotopic (exact) mass is 232 g/mol. The van der Waals surface area contributed by atoms with E-state index >= 15 is 0 Å². The van der Waals surface area contributed by atoms with Crippen LogP contribution in [-0.4, -0.2) is 26.7 Å². The van der Waals surface area contributed by atoms with Crippen molar-refractivity contribution in [2.75, 3.05) is 31.6 Å². The summed E-state index contributed by atoms with van der Waals surface area (Å²) in [5, 5.41) is 3.28. The van der Waals surface area contributed by atoms with Crippen molar-refractivity contribution in [1.29, 1.82) is 0 Å². The Morgan fingerprint density at radius 3 is 2.59 bits per heavy atom. The fourth-order valence-electron chi connectivity index (χ4n) is 2.59. The Balaban J connectivity index is 1.99. The standard InChI is InChI=1S/C15H24N2/c1-12(2)14-4-6-15(7-5-14)17-9-8-13(11-17)10-16-3/h4-7,12-13,16H,8-11H2,1-3H3. The Morgan fingerprint density at radius 2 is 2.00 bits per heavy atom. The molecule has 2 nitrogen and oxygen atoms in total. The van der Waals surface area contributed by atoms with Crippen LogP contribution in [0.1, 0.15) is 31.7 Å². The summed E-state index contributed by atoms with van der Waals surface area (Å²) in [6.45, 7) is 8.03. The first-order valence-corrected chi connectivity index (χ1v) is 6.70. The molecule has 1 atom stereocenters. The molecule has 1 aromatic rings. The second-order valence-corrected chi connectivity index (χ2v) is 5.40. The fraction of sp³-hybridized carbons (Fsp3) is 0.600. The number of hydrogen-bond acceptors (Lipinski definition) is 2. The Bertz CT molecular complexity index is 342. The summed E-state index contributed by atoms with van der Waals surface area (Å²) >= 11 is 0. The third-order valence-electron chi connectivity index (χ3n) is 3.70. The maximum atomic E-state index is 3.28. The molecule has 0 aromatic heterocycles. The quantitative estimate of drug-likeness (QED) is 0.858. The van der Waals surface area contributed by atoms with Gasteiger partial charge in [-0.2, -0.15) is 0 Å². The number of rotatable bonds is 4. The van der Waals surface area contributed by atoms with Gasteiger partial charge in [0.05, 0.1) is 0 Å². The lowest BCUT2D eigenvalue weighted by atomic mass is 10.0. The van der Waals surface area contributed by atoms with Crippen molar-refractivity contribution in [2.24, 2.45) is 5.92 Å². The molecule has 1 aromatic carbocycles. The normalized spacial score (nSPS) is 20.2. The van der Waals surface area contributed by atoms with E-state index in [0.29, 0.717) is 5.92 Å².